The lowest BCUT2D eigenvalue weighted by Crippen LogP contribution is -2.31. The van der Waals surface area contributed by atoms with Gasteiger partial charge in [-0.25, -0.2) is 13.2 Å². The molecule has 2 aromatic rings. The third-order valence-electron chi connectivity index (χ3n) is 7.28. The predicted octanol–water partition coefficient (Wildman–Crippen LogP) is 8.57. The topological polar surface area (TPSA) is 9.23 Å². The molecule has 0 atom stereocenters. The fraction of sp³-hybridized carbons (Fsp3) is 0.500. The summed E-state index contributed by atoms with van der Waals surface area (Å²) in [6.07, 6.45) is 6.31. The summed E-state index contributed by atoms with van der Waals surface area (Å²) in [7, 11) is 0. The van der Waals surface area contributed by atoms with Crippen molar-refractivity contribution in [2.75, 3.05) is 0 Å². The van der Waals surface area contributed by atoms with Gasteiger partial charge in [0.25, 0.3) is 0 Å². The first-order chi connectivity index (χ1) is 16.2. The Labute approximate surface area is 198 Å². The van der Waals surface area contributed by atoms with Gasteiger partial charge in [0.05, 0.1) is 6.10 Å². The monoisotopic (exact) mass is 478 g/mol. The zero-order valence-corrected chi connectivity index (χ0v) is 19.4. The number of benzene rings is 2. The minimum atomic E-state index is -4.00. The largest absolute Gasteiger partial charge is 0.389 e. The van der Waals surface area contributed by atoms with E-state index in [0.29, 0.717) is 43.4 Å². The minimum absolute atomic E-state index is 0.210. The Kier molecular flexibility index (Phi) is 7.76. The molecular weight excluding hydrogens is 447 g/mol. The maximum atomic E-state index is 14.5. The number of halogens is 5. The summed E-state index contributed by atoms with van der Waals surface area (Å²) in [5, 5.41) is 0. The molecule has 4 rings (SSSR count). The Morgan fingerprint density at radius 2 is 1.26 bits per heavy atom. The van der Waals surface area contributed by atoms with Gasteiger partial charge in [-0.3, -0.25) is 0 Å². The van der Waals surface area contributed by atoms with E-state index < -0.39 is 29.4 Å². The van der Waals surface area contributed by atoms with Crippen molar-refractivity contribution in [3.05, 3.63) is 82.7 Å². The van der Waals surface area contributed by atoms with E-state index in [-0.39, 0.29) is 11.4 Å². The lowest BCUT2D eigenvalue weighted by Gasteiger charge is -2.31. The molecule has 2 fully saturated rings. The molecule has 2 aromatic carbocycles. The van der Waals surface area contributed by atoms with Crippen LogP contribution in [0.3, 0.4) is 0 Å². The maximum absolute atomic E-state index is 14.5. The Balaban J connectivity index is 1.24. The molecule has 184 valence electrons. The average Bonchev–Trinajstić information content (AvgIpc) is 2.78. The highest BCUT2D eigenvalue weighted by Crippen LogP contribution is 2.40. The number of hydrogen-bond donors (Lipinski definition) is 0. The summed E-state index contributed by atoms with van der Waals surface area (Å²) in [5.74, 6) is -1.50. The summed E-state index contributed by atoms with van der Waals surface area (Å²) in [6, 6.07) is 8.58. The van der Waals surface area contributed by atoms with Gasteiger partial charge in [-0.05, 0) is 111 Å². The van der Waals surface area contributed by atoms with Gasteiger partial charge in [0, 0.05) is 0 Å². The fourth-order valence-corrected chi connectivity index (χ4v) is 5.34. The van der Waals surface area contributed by atoms with E-state index in [9.17, 15) is 22.0 Å². The summed E-state index contributed by atoms with van der Waals surface area (Å²) in [6.45, 7) is 1.45. The number of aryl methyl sites for hydroxylation is 1. The van der Waals surface area contributed by atoms with E-state index >= 15 is 0 Å². The van der Waals surface area contributed by atoms with Gasteiger partial charge in [0.1, 0.15) is 23.0 Å². The zero-order chi connectivity index (χ0) is 24.3. The first kappa shape index (κ1) is 24.9. The highest BCUT2D eigenvalue weighted by atomic mass is 19.3. The van der Waals surface area contributed by atoms with Crippen molar-refractivity contribution < 1.29 is 26.7 Å². The predicted molar refractivity (Wildman–Crippen MR) is 122 cm³/mol. The lowest BCUT2D eigenvalue weighted by atomic mass is 9.78. The Hall–Kier alpha value is -2.21. The molecule has 1 nitrogen and oxygen atoms in total. The maximum Gasteiger partial charge on any atom is 0.389 e. The standard InChI is InChI=1S/C28H31F5O/c1-18-16-25(30)27(26(31)17-18)28(32,33)34-24-14-6-20(7-15-24)3-2-19-4-8-21(9-5-19)22-10-12-23(29)13-11-22/h2-3,10-13,16-17,19-21,24H,4-9,14-15H2,1H3/b3-2+. The molecule has 0 saturated heterocycles. The van der Waals surface area contributed by atoms with Crippen LogP contribution in [0.2, 0.25) is 0 Å². The van der Waals surface area contributed by atoms with Crippen LogP contribution >= 0.6 is 0 Å². The van der Waals surface area contributed by atoms with Gasteiger partial charge in [0.2, 0.25) is 0 Å². The van der Waals surface area contributed by atoms with E-state index in [0.717, 1.165) is 37.8 Å². The summed E-state index contributed by atoms with van der Waals surface area (Å²) in [4.78, 5) is 0. The van der Waals surface area contributed by atoms with Crippen LogP contribution in [0, 0.1) is 36.2 Å². The molecule has 0 amide bonds. The molecule has 0 radical (unpaired) electrons. The van der Waals surface area contributed by atoms with Crippen molar-refractivity contribution in [2.24, 2.45) is 11.8 Å². The van der Waals surface area contributed by atoms with Crippen molar-refractivity contribution in [3.8, 4) is 0 Å². The molecule has 6 heteroatoms. The molecule has 0 aliphatic heterocycles. The summed E-state index contributed by atoms with van der Waals surface area (Å²) in [5.41, 5.74) is 0.131. The van der Waals surface area contributed by atoms with E-state index in [2.05, 4.69) is 12.2 Å². The Bertz CT molecular complexity index is 961. The number of rotatable bonds is 6. The van der Waals surface area contributed by atoms with Crippen molar-refractivity contribution in [1.82, 2.24) is 0 Å². The van der Waals surface area contributed by atoms with Gasteiger partial charge in [-0.1, -0.05) is 24.3 Å². The number of ether oxygens (including phenoxy) is 1. The van der Waals surface area contributed by atoms with Gasteiger partial charge < -0.3 is 4.74 Å². The van der Waals surface area contributed by atoms with Gasteiger partial charge >= 0.3 is 6.11 Å². The highest BCUT2D eigenvalue weighted by Gasteiger charge is 2.42. The van der Waals surface area contributed by atoms with Crippen molar-refractivity contribution in [1.29, 1.82) is 0 Å². The van der Waals surface area contributed by atoms with Crippen LogP contribution in [-0.2, 0) is 10.8 Å². The molecule has 0 N–H and O–H groups in total. The van der Waals surface area contributed by atoms with Gasteiger partial charge in [-0.2, -0.15) is 8.78 Å². The number of hydrogen-bond acceptors (Lipinski definition) is 1. The first-order valence-electron chi connectivity index (χ1n) is 12.2. The van der Waals surface area contributed by atoms with E-state index in [4.69, 9.17) is 4.74 Å². The van der Waals surface area contributed by atoms with Gasteiger partial charge in [0.15, 0.2) is 0 Å². The molecule has 2 saturated carbocycles. The average molecular weight is 479 g/mol. The van der Waals surface area contributed by atoms with Crippen LogP contribution in [0.5, 0.6) is 0 Å². The van der Waals surface area contributed by atoms with E-state index in [1.54, 1.807) is 0 Å². The summed E-state index contributed by atoms with van der Waals surface area (Å²) < 4.78 is 75.1. The molecular formula is C28H31F5O. The smallest absolute Gasteiger partial charge is 0.313 e. The third-order valence-corrected chi connectivity index (χ3v) is 7.28. The van der Waals surface area contributed by atoms with Crippen LogP contribution in [0.25, 0.3) is 0 Å². The zero-order valence-electron chi connectivity index (χ0n) is 19.4. The molecule has 2 aliphatic rings. The van der Waals surface area contributed by atoms with Crippen LogP contribution in [0.1, 0.15) is 74.0 Å². The van der Waals surface area contributed by atoms with Crippen molar-refractivity contribution in [3.63, 3.8) is 0 Å². The molecule has 0 bridgehead atoms. The molecule has 0 heterocycles. The lowest BCUT2D eigenvalue weighted by molar-refractivity contribution is -0.280. The van der Waals surface area contributed by atoms with Crippen molar-refractivity contribution >= 4 is 0 Å². The Morgan fingerprint density at radius 3 is 1.79 bits per heavy atom. The quantitative estimate of drug-likeness (QED) is 0.298. The fourth-order valence-electron chi connectivity index (χ4n) is 5.34. The molecule has 34 heavy (non-hydrogen) atoms. The van der Waals surface area contributed by atoms with Gasteiger partial charge in [-0.15, -0.1) is 0 Å². The minimum Gasteiger partial charge on any atom is -0.313 e. The second kappa shape index (κ2) is 10.6. The van der Waals surface area contributed by atoms with Crippen LogP contribution in [0.4, 0.5) is 22.0 Å². The highest BCUT2D eigenvalue weighted by molar-refractivity contribution is 5.27. The molecule has 0 aromatic heterocycles. The van der Waals surface area contributed by atoms with E-state index in [1.165, 1.54) is 24.6 Å². The van der Waals surface area contributed by atoms with E-state index in [1.807, 2.05) is 12.1 Å². The normalized spacial score (nSPS) is 26.2. The third kappa shape index (κ3) is 6.07. The summed E-state index contributed by atoms with van der Waals surface area (Å²) >= 11 is 0. The SMILES string of the molecule is Cc1cc(F)c(C(F)(F)OC2CCC(/C=C/C3CCC(c4ccc(F)cc4)CC3)CC2)c(F)c1. The second-order valence-electron chi connectivity index (χ2n) is 9.82. The molecule has 0 unspecified atom stereocenters. The second-order valence-corrected chi connectivity index (χ2v) is 9.82. The van der Waals surface area contributed by atoms with Crippen molar-refractivity contribution in [2.45, 2.75) is 76.4 Å². The van der Waals surface area contributed by atoms with Crippen LogP contribution < -0.4 is 0 Å². The Morgan fingerprint density at radius 1 is 0.765 bits per heavy atom. The van der Waals surface area contributed by atoms with Crippen LogP contribution in [0.15, 0.2) is 48.6 Å². The first-order valence-corrected chi connectivity index (χ1v) is 12.2. The van der Waals surface area contributed by atoms with Crippen LogP contribution in [-0.4, -0.2) is 6.10 Å². The number of allylic oxidation sites excluding steroid dienone is 2. The molecule has 2 aliphatic carbocycles. The molecule has 0 spiro atoms. The number of alkyl halides is 2.